The van der Waals surface area contributed by atoms with Crippen LogP contribution in [0.15, 0.2) is 53.4 Å². The fourth-order valence-corrected chi connectivity index (χ4v) is 5.37. The van der Waals surface area contributed by atoms with Gasteiger partial charge in [0.2, 0.25) is 15.9 Å². The van der Waals surface area contributed by atoms with Crippen molar-refractivity contribution in [1.82, 2.24) is 9.62 Å². The number of sulfonamides is 1. The first kappa shape index (κ1) is 24.7. The molecule has 8 nitrogen and oxygen atoms in total. The summed E-state index contributed by atoms with van der Waals surface area (Å²) in [5.74, 6) is -1.46. The quantitative estimate of drug-likeness (QED) is 0.513. The molecule has 3 N–H and O–H groups in total. The van der Waals surface area contributed by atoms with Crippen LogP contribution in [0, 0.1) is 0 Å². The lowest BCUT2D eigenvalue weighted by Gasteiger charge is -2.20. The number of aryl methyl sites for hydroxylation is 1. The van der Waals surface area contributed by atoms with Gasteiger partial charge in [0, 0.05) is 25.9 Å². The van der Waals surface area contributed by atoms with E-state index in [9.17, 15) is 28.2 Å². The summed E-state index contributed by atoms with van der Waals surface area (Å²) in [5, 5.41) is 21.3. The van der Waals surface area contributed by atoms with Crippen LogP contribution in [0.2, 0.25) is 0 Å². The summed E-state index contributed by atoms with van der Waals surface area (Å²) in [4.78, 5) is 24.1. The minimum atomic E-state index is -3.52. The van der Waals surface area contributed by atoms with Crippen LogP contribution in [0.1, 0.15) is 43.2 Å². The Balaban J connectivity index is 1.54. The van der Waals surface area contributed by atoms with E-state index in [0.717, 1.165) is 31.2 Å². The monoisotopic (exact) mass is 474 g/mol. The normalized spacial score (nSPS) is 16.0. The molecule has 1 atom stereocenters. The first-order chi connectivity index (χ1) is 15.8. The summed E-state index contributed by atoms with van der Waals surface area (Å²) in [5.41, 5.74) is 1.48. The highest BCUT2D eigenvalue weighted by Gasteiger charge is 2.25. The van der Waals surface area contributed by atoms with Crippen LogP contribution in [-0.4, -0.2) is 53.9 Å². The predicted molar refractivity (Wildman–Crippen MR) is 123 cm³/mol. The molecule has 1 aliphatic heterocycles. The van der Waals surface area contributed by atoms with E-state index in [1.54, 1.807) is 40.7 Å². The number of carbonyl (C=O) groups is 2. The van der Waals surface area contributed by atoms with Crippen molar-refractivity contribution in [1.29, 1.82) is 0 Å². The van der Waals surface area contributed by atoms with Crippen molar-refractivity contribution in [2.75, 3.05) is 13.1 Å². The molecule has 0 aromatic heterocycles. The van der Waals surface area contributed by atoms with Gasteiger partial charge in [0.15, 0.2) is 0 Å². The molecule has 1 saturated heterocycles. The number of hydrogen-bond acceptors (Lipinski definition) is 5. The second-order valence-electron chi connectivity index (χ2n) is 8.29. The maximum atomic E-state index is 12.9. The summed E-state index contributed by atoms with van der Waals surface area (Å²) >= 11 is 0. The maximum Gasteiger partial charge on any atom is 0.326 e. The molecule has 1 fully saturated rings. The third-order valence-electron chi connectivity index (χ3n) is 5.78. The van der Waals surface area contributed by atoms with E-state index in [2.05, 4.69) is 5.32 Å². The molecule has 9 heteroatoms. The summed E-state index contributed by atoms with van der Waals surface area (Å²) in [6, 6.07) is 11.6. The molecule has 1 unspecified atom stereocenters. The van der Waals surface area contributed by atoms with E-state index in [0.29, 0.717) is 25.1 Å². The van der Waals surface area contributed by atoms with Crippen molar-refractivity contribution in [2.24, 2.45) is 0 Å². The van der Waals surface area contributed by atoms with Crippen LogP contribution in [0.4, 0.5) is 0 Å². The fourth-order valence-electron chi connectivity index (χ4n) is 3.85. The number of nitrogens with zero attached hydrogens (tertiary/aromatic N) is 1. The van der Waals surface area contributed by atoms with Crippen molar-refractivity contribution in [3.05, 3.63) is 59.7 Å². The van der Waals surface area contributed by atoms with Crippen LogP contribution in [0.5, 0.6) is 5.75 Å². The minimum Gasteiger partial charge on any atom is -0.508 e. The molecule has 2 aromatic rings. The van der Waals surface area contributed by atoms with Gasteiger partial charge in [0.05, 0.1) is 4.90 Å². The number of aliphatic carboxylic acids is 1. The van der Waals surface area contributed by atoms with Crippen molar-refractivity contribution in [3.8, 4) is 5.75 Å². The Labute approximate surface area is 194 Å². The molecule has 0 radical (unpaired) electrons. The van der Waals surface area contributed by atoms with Gasteiger partial charge in [-0.1, -0.05) is 37.1 Å². The molecule has 33 heavy (non-hydrogen) atoms. The first-order valence-corrected chi connectivity index (χ1v) is 12.6. The Kier molecular flexibility index (Phi) is 8.46. The SMILES string of the molecule is O=C(CCc1ccc(S(=O)(=O)N2CCCCCC2)cc1)NC(Cc1ccc(O)cc1)C(=O)O. The molecule has 1 heterocycles. The van der Waals surface area contributed by atoms with Gasteiger partial charge in [-0.05, 0) is 54.7 Å². The number of amides is 1. The number of carboxylic acids is 1. The number of benzene rings is 2. The molecule has 0 aliphatic carbocycles. The van der Waals surface area contributed by atoms with Gasteiger partial charge >= 0.3 is 5.97 Å². The highest BCUT2D eigenvalue weighted by Crippen LogP contribution is 2.21. The topological polar surface area (TPSA) is 124 Å². The number of rotatable bonds is 9. The lowest BCUT2D eigenvalue weighted by molar-refractivity contribution is -0.141. The molecule has 1 amide bonds. The number of carboxylic acid groups (broad SMARTS) is 1. The van der Waals surface area contributed by atoms with Crippen molar-refractivity contribution < 1.29 is 28.2 Å². The lowest BCUT2D eigenvalue weighted by atomic mass is 10.0. The highest BCUT2D eigenvalue weighted by molar-refractivity contribution is 7.89. The number of nitrogens with one attached hydrogen (secondary N) is 1. The number of aromatic hydroxyl groups is 1. The lowest BCUT2D eigenvalue weighted by Crippen LogP contribution is -2.42. The zero-order chi connectivity index (χ0) is 23.8. The van der Waals surface area contributed by atoms with Crippen LogP contribution < -0.4 is 5.32 Å². The van der Waals surface area contributed by atoms with Crippen molar-refractivity contribution in [3.63, 3.8) is 0 Å². The third kappa shape index (κ3) is 7.03. The van der Waals surface area contributed by atoms with E-state index in [1.165, 1.54) is 12.1 Å². The number of phenols is 1. The Hall–Kier alpha value is -2.91. The second kappa shape index (κ2) is 11.3. The molecule has 2 aromatic carbocycles. The van der Waals surface area contributed by atoms with E-state index >= 15 is 0 Å². The van der Waals surface area contributed by atoms with E-state index in [4.69, 9.17) is 0 Å². The van der Waals surface area contributed by atoms with Crippen molar-refractivity contribution >= 4 is 21.9 Å². The third-order valence-corrected chi connectivity index (χ3v) is 7.69. The highest BCUT2D eigenvalue weighted by atomic mass is 32.2. The smallest absolute Gasteiger partial charge is 0.326 e. The zero-order valence-corrected chi connectivity index (χ0v) is 19.3. The Morgan fingerprint density at radius 3 is 2.06 bits per heavy atom. The maximum absolute atomic E-state index is 12.9. The molecular formula is C24H30N2O6S. The molecule has 1 aliphatic rings. The molecule has 0 bridgehead atoms. The van der Waals surface area contributed by atoms with Gasteiger partial charge in [-0.25, -0.2) is 13.2 Å². The predicted octanol–water partition coefficient (Wildman–Crippen LogP) is 2.70. The summed E-state index contributed by atoms with van der Waals surface area (Å²) in [7, 11) is -3.52. The molecule has 0 saturated carbocycles. The first-order valence-electron chi connectivity index (χ1n) is 11.1. The van der Waals surface area contributed by atoms with Gasteiger partial charge in [-0.2, -0.15) is 4.31 Å². The van der Waals surface area contributed by atoms with Gasteiger partial charge in [-0.15, -0.1) is 0 Å². The zero-order valence-electron chi connectivity index (χ0n) is 18.4. The molecule has 0 spiro atoms. The fraction of sp³-hybridized carbons (Fsp3) is 0.417. The number of hydrogen-bond donors (Lipinski definition) is 3. The summed E-state index contributed by atoms with van der Waals surface area (Å²) < 4.78 is 27.3. The van der Waals surface area contributed by atoms with Gasteiger partial charge in [0.25, 0.3) is 0 Å². The van der Waals surface area contributed by atoms with E-state index < -0.39 is 27.9 Å². The standard InChI is InChI=1S/C24H30N2O6S/c27-20-10-5-19(6-11-20)17-22(24(29)30)25-23(28)14-9-18-7-12-21(13-8-18)33(31,32)26-15-3-1-2-4-16-26/h5-8,10-13,22,27H,1-4,9,14-17H2,(H,25,28)(H,29,30). The average molecular weight is 475 g/mol. The summed E-state index contributed by atoms with van der Waals surface area (Å²) in [6.45, 7) is 1.08. The van der Waals surface area contributed by atoms with Crippen LogP contribution in [-0.2, 0) is 32.5 Å². The largest absolute Gasteiger partial charge is 0.508 e. The van der Waals surface area contributed by atoms with E-state index in [-0.39, 0.29) is 23.5 Å². The van der Waals surface area contributed by atoms with Crippen LogP contribution >= 0.6 is 0 Å². The van der Waals surface area contributed by atoms with Gasteiger partial charge < -0.3 is 15.5 Å². The number of carbonyl (C=O) groups excluding carboxylic acids is 1. The Morgan fingerprint density at radius 2 is 1.48 bits per heavy atom. The van der Waals surface area contributed by atoms with Crippen LogP contribution in [0.3, 0.4) is 0 Å². The van der Waals surface area contributed by atoms with E-state index in [1.807, 2.05) is 0 Å². The second-order valence-corrected chi connectivity index (χ2v) is 10.2. The molecule has 178 valence electrons. The Morgan fingerprint density at radius 1 is 0.909 bits per heavy atom. The molecular weight excluding hydrogens is 444 g/mol. The van der Waals surface area contributed by atoms with Crippen LogP contribution in [0.25, 0.3) is 0 Å². The summed E-state index contributed by atoms with van der Waals surface area (Å²) in [6.07, 6.45) is 4.38. The Bertz CT molecular complexity index is 1040. The minimum absolute atomic E-state index is 0.0809. The van der Waals surface area contributed by atoms with Crippen molar-refractivity contribution in [2.45, 2.75) is 55.9 Å². The van der Waals surface area contributed by atoms with Gasteiger partial charge in [-0.3, -0.25) is 4.79 Å². The molecule has 3 rings (SSSR count). The van der Waals surface area contributed by atoms with Gasteiger partial charge in [0.1, 0.15) is 11.8 Å². The average Bonchev–Trinajstić information content (AvgIpc) is 3.09. The number of phenolic OH excluding ortho intramolecular Hbond substituents is 1.